The summed E-state index contributed by atoms with van der Waals surface area (Å²) in [5.41, 5.74) is 2.73. The van der Waals surface area contributed by atoms with Gasteiger partial charge in [-0.25, -0.2) is 4.39 Å². The van der Waals surface area contributed by atoms with Gasteiger partial charge in [-0.3, -0.25) is 0 Å². The molecule has 1 N–H and O–H groups in total. The summed E-state index contributed by atoms with van der Waals surface area (Å²) in [6.45, 7) is 1.66. The lowest BCUT2D eigenvalue weighted by Gasteiger charge is -2.14. The van der Waals surface area contributed by atoms with Crippen LogP contribution in [-0.2, 0) is 19.6 Å². The third-order valence-corrected chi connectivity index (χ3v) is 4.94. The predicted octanol–water partition coefficient (Wildman–Crippen LogP) is 5.93. The van der Waals surface area contributed by atoms with Crippen molar-refractivity contribution in [3.63, 3.8) is 0 Å². The minimum atomic E-state index is -0.254. The summed E-state index contributed by atoms with van der Waals surface area (Å²) >= 11 is 3.51. The Morgan fingerprint density at radius 2 is 1.62 bits per heavy atom. The van der Waals surface area contributed by atoms with E-state index in [2.05, 4.69) is 27.3 Å². The Balaban J connectivity index is 0.00000300. The number of ether oxygens (including phenoxy) is 2. The van der Waals surface area contributed by atoms with Gasteiger partial charge in [-0.2, -0.15) is 0 Å². The van der Waals surface area contributed by atoms with Gasteiger partial charge in [-0.1, -0.05) is 52.3 Å². The van der Waals surface area contributed by atoms with Crippen LogP contribution in [-0.4, -0.2) is 13.7 Å². The summed E-state index contributed by atoms with van der Waals surface area (Å²) in [5, 5.41) is 3.45. The summed E-state index contributed by atoms with van der Waals surface area (Å²) in [7, 11) is 1.69. The van der Waals surface area contributed by atoms with Crippen molar-refractivity contribution >= 4 is 28.3 Å². The maximum atomic E-state index is 13.8. The van der Waals surface area contributed by atoms with E-state index >= 15 is 0 Å². The lowest BCUT2D eigenvalue weighted by molar-refractivity contribution is 0.296. The molecule has 0 aliphatic heterocycles. The number of halogens is 3. The first-order valence-corrected chi connectivity index (χ1v) is 9.94. The Morgan fingerprint density at radius 3 is 2.38 bits per heavy atom. The van der Waals surface area contributed by atoms with Crippen LogP contribution in [0.4, 0.5) is 4.39 Å². The standard InChI is InChI=1S/C23H23BrFNO2.ClH/c1-27-22-9-5-3-6-17(22)12-13-26-15-19-14-20(24)10-11-23(19)28-16-18-7-2-4-8-21(18)25;/h2-11,14,26H,12-13,15-16H2,1H3;1H. The van der Waals surface area contributed by atoms with Crippen LogP contribution >= 0.6 is 28.3 Å². The normalized spacial score (nSPS) is 10.3. The van der Waals surface area contributed by atoms with Gasteiger partial charge in [0.25, 0.3) is 0 Å². The first kappa shape index (κ1) is 23.2. The highest BCUT2D eigenvalue weighted by molar-refractivity contribution is 9.10. The zero-order chi connectivity index (χ0) is 19.8. The van der Waals surface area contributed by atoms with Gasteiger partial charge in [0.15, 0.2) is 0 Å². The zero-order valence-electron chi connectivity index (χ0n) is 16.2. The second-order valence-corrected chi connectivity index (χ2v) is 7.29. The van der Waals surface area contributed by atoms with Crippen molar-refractivity contribution in [1.29, 1.82) is 0 Å². The third-order valence-electron chi connectivity index (χ3n) is 4.44. The number of hydrogen-bond acceptors (Lipinski definition) is 3. The van der Waals surface area contributed by atoms with E-state index in [1.165, 1.54) is 11.6 Å². The van der Waals surface area contributed by atoms with Gasteiger partial charge in [0, 0.05) is 22.1 Å². The zero-order valence-corrected chi connectivity index (χ0v) is 18.6. The van der Waals surface area contributed by atoms with Crippen molar-refractivity contribution in [2.24, 2.45) is 0 Å². The molecule has 0 saturated carbocycles. The van der Waals surface area contributed by atoms with Crippen LogP contribution in [0.3, 0.4) is 0 Å². The van der Waals surface area contributed by atoms with Crippen LogP contribution in [0.1, 0.15) is 16.7 Å². The molecule has 0 unspecified atom stereocenters. The highest BCUT2D eigenvalue weighted by Crippen LogP contribution is 2.25. The lowest BCUT2D eigenvalue weighted by Crippen LogP contribution is -2.17. The van der Waals surface area contributed by atoms with Gasteiger partial charge in [-0.15, -0.1) is 12.4 Å². The van der Waals surface area contributed by atoms with E-state index in [1.807, 2.05) is 42.5 Å². The molecule has 0 amide bonds. The molecule has 3 aromatic rings. The minimum Gasteiger partial charge on any atom is -0.496 e. The average Bonchev–Trinajstić information content (AvgIpc) is 2.72. The van der Waals surface area contributed by atoms with Gasteiger partial charge in [-0.05, 0) is 48.9 Å². The molecule has 3 aromatic carbocycles. The highest BCUT2D eigenvalue weighted by Gasteiger charge is 2.08. The van der Waals surface area contributed by atoms with Gasteiger partial charge in [0.1, 0.15) is 23.9 Å². The van der Waals surface area contributed by atoms with E-state index in [-0.39, 0.29) is 24.8 Å². The lowest BCUT2D eigenvalue weighted by atomic mass is 10.1. The van der Waals surface area contributed by atoms with Crippen LogP contribution in [0.2, 0.25) is 0 Å². The van der Waals surface area contributed by atoms with Crippen LogP contribution < -0.4 is 14.8 Å². The Bertz CT molecular complexity index is 923. The summed E-state index contributed by atoms with van der Waals surface area (Å²) in [6.07, 6.45) is 0.865. The van der Waals surface area contributed by atoms with E-state index in [0.717, 1.165) is 34.5 Å². The number of hydrogen-bond donors (Lipinski definition) is 1. The maximum absolute atomic E-state index is 13.8. The van der Waals surface area contributed by atoms with Gasteiger partial charge >= 0.3 is 0 Å². The van der Waals surface area contributed by atoms with Crippen molar-refractivity contribution in [1.82, 2.24) is 5.32 Å². The fourth-order valence-electron chi connectivity index (χ4n) is 2.95. The molecule has 29 heavy (non-hydrogen) atoms. The molecule has 3 rings (SSSR count). The monoisotopic (exact) mass is 479 g/mol. The molecule has 0 aliphatic carbocycles. The summed E-state index contributed by atoms with van der Waals surface area (Å²) in [4.78, 5) is 0. The minimum absolute atomic E-state index is 0. The van der Waals surface area contributed by atoms with E-state index in [4.69, 9.17) is 9.47 Å². The number of methoxy groups -OCH3 is 1. The Kier molecular flexibility index (Phi) is 9.45. The van der Waals surface area contributed by atoms with Gasteiger partial charge < -0.3 is 14.8 Å². The largest absolute Gasteiger partial charge is 0.496 e. The van der Waals surface area contributed by atoms with E-state index in [0.29, 0.717) is 12.1 Å². The molecule has 0 atom stereocenters. The first-order valence-electron chi connectivity index (χ1n) is 9.14. The fraction of sp³-hybridized carbons (Fsp3) is 0.217. The number of rotatable bonds is 9. The number of para-hydroxylation sites is 1. The van der Waals surface area contributed by atoms with Crippen molar-refractivity contribution in [2.45, 2.75) is 19.6 Å². The molecule has 0 saturated heterocycles. The van der Waals surface area contributed by atoms with Crippen LogP contribution in [0.5, 0.6) is 11.5 Å². The molecule has 0 aliphatic rings. The molecule has 0 aromatic heterocycles. The second kappa shape index (κ2) is 11.8. The summed E-state index contributed by atoms with van der Waals surface area (Å²) in [5.74, 6) is 1.40. The van der Waals surface area contributed by atoms with E-state index in [9.17, 15) is 4.39 Å². The van der Waals surface area contributed by atoms with Crippen molar-refractivity contribution in [3.05, 3.63) is 93.7 Å². The molecular weight excluding hydrogens is 457 g/mol. The molecule has 0 spiro atoms. The second-order valence-electron chi connectivity index (χ2n) is 6.37. The quantitative estimate of drug-likeness (QED) is 0.385. The predicted molar refractivity (Wildman–Crippen MR) is 121 cm³/mol. The summed E-state index contributed by atoms with van der Waals surface area (Å²) < 4.78 is 26.1. The number of nitrogens with one attached hydrogen (secondary N) is 1. The third kappa shape index (κ3) is 6.74. The molecule has 0 heterocycles. The van der Waals surface area contributed by atoms with Crippen LogP contribution in [0.25, 0.3) is 0 Å². The van der Waals surface area contributed by atoms with Gasteiger partial charge in [0.2, 0.25) is 0 Å². The Labute approximate surface area is 185 Å². The van der Waals surface area contributed by atoms with Crippen LogP contribution in [0, 0.1) is 5.82 Å². The van der Waals surface area contributed by atoms with Gasteiger partial charge in [0.05, 0.1) is 7.11 Å². The van der Waals surface area contributed by atoms with Crippen molar-refractivity contribution in [3.8, 4) is 11.5 Å². The van der Waals surface area contributed by atoms with E-state index in [1.54, 1.807) is 19.2 Å². The molecule has 0 radical (unpaired) electrons. The maximum Gasteiger partial charge on any atom is 0.129 e. The molecule has 6 heteroatoms. The number of benzene rings is 3. The topological polar surface area (TPSA) is 30.5 Å². The first-order chi connectivity index (χ1) is 13.7. The molecule has 3 nitrogen and oxygen atoms in total. The highest BCUT2D eigenvalue weighted by atomic mass is 79.9. The fourth-order valence-corrected chi connectivity index (χ4v) is 3.36. The Morgan fingerprint density at radius 1 is 0.897 bits per heavy atom. The molecule has 154 valence electrons. The van der Waals surface area contributed by atoms with Crippen molar-refractivity contribution in [2.75, 3.05) is 13.7 Å². The average molecular weight is 481 g/mol. The molecule has 0 fully saturated rings. The van der Waals surface area contributed by atoms with Crippen LogP contribution in [0.15, 0.2) is 71.2 Å². The summed E-state index contributed by atoms with van der Waals surface area (Å²) in [6, 6.07) is 20.5. The molecular formula is C23H24BrClFNO2. The SMILES string of the molecule is COc1ccccc1CCNCc1cc(Br)ccc1OCc1ccccc1F.Cl. The van der Waals surface area contributed by atoms with Crippen molar-refractivity contribution < 1.29 is 13.9 Å². The molecule has 0 bridgehead atoms. The van der Waals surface area contributed by atoms with E-state index < -0.39 is 0 Å². The Hall–Kier alpha value is -2.08. The smallest absolute Gasteiger partial charge is 0.129 e.